The van der Waals surface area contributed by atoms with Crippen LogP contribution < -0.4 is 0 Å². The van der Waals surface area contributed by atoms with Crippen molar-refractivity contribution in [3.63, 3.8) is 0 Å². The highest BCUT2D eigenvalue weighted by Gasteiger charge is 2.30. The van der Waals surface area contributed by atoms with Gasteiger partial charge in [-0.15, -0.1) is 0 Å². The highest BCUT2D eigenvalue weighted by molar-refractivity contribution is 5.90. The van der Waals surface area contributed by atoms with E-state index in [0.29, 0.717) is 6.07 Å². The summed E-state index contributed by atoms with van der Waals surface area (Å²) in [5, 5.41) is 19.7. The molecule has 1 aromatic heterocycles. The first-order valence-electron chi connectivity index (χ1n) is 4.13. The fraction of sp³-hybridized carbons (Fsp3) is 0.250. The summed E-state index contributed by atoms with van der Waals surface area (Å²) < 4.78 is 29.0. The summed E-state index contributed by atoms with van der Waals surface area (Å²) in [6.07, 6.45) is -3.19. The van der Waals surface area contributed by atoms with Gasteiger partial charge in [-0.05, 0) is 9.91 Å². The van der Waals surface area contributed by atoms with Gasteiger partial charge in [0.1, 0.15) is 5.56 Å². The largest absolute Gasteiger partial charge is 0.504 e. The van der Waals surface area contributed by atoms with E-state index < -0.39 is 40.1 Å². The second kappa shape index (κ2) is 4.68. The maximum atomic E-state index is 12.4. The number of hydrogen-bond acceptors (Lipinski definition) is 6. The average molecular weight is 248 g/mol. The van der Waals surface area contributed by atoms with Gasteiger partial charge >= 0.3 is 17.5 Å². The van der Waals surface area contributed by atoms with Crippen molar-refractivity contribution in [2.24, 2.45) is 0 Å². The molecule has 0 radical (unpaired) electrons. The van der Waals surface area contributed by atoms with E-state index in [-0.39, 0.29) is 0 Å². The van der Waals surface area contributed by atoms with Crippen LogP contribution in [0.5, 0.6) is 5.75 Å². The first kappa shape index (κ1) is 12.7. The third kappa shape index (κ3) is 2.44. The molecule has 0 saturated heterocycles. The van der Waals surface area contributed by atoms with Gasteiger partial charge in [0.2, 0.25) is 0 Å². The van der Waals surface area contributed by atoms with Crippen LogP contribution in [0.3, 0.4) is 0 Å². The average Bonchev–Trinajstić information content (AvgIpc) is 2.27. The molecular weight excluding hydrogens is 242 g/mol. The lowest BCUT2D eigenvalue weighted by atomic mass is 10.2. The van der Waals surface area contributed by atoms with Gasteiger partial charge in [-0.2, -0.15) is 0 Å². The molecular formula is C8H6F2N2O5. The molecule has 1 N–H and O–H groups in total. The van der Waals surface area contributed by atoms with E-state index in [1.54, 1.807) is 0 Å². The minimum absolute atomic E-state index is 0.419. The molecule has 0 atom stereocenters. The Kier molecular flexibility index (Phi) is 3.51. The summed E-state index contributed by atoms with van der Waals surface area (Å²) in [5.74, 6) is -3.26. The second-order valence-corrected chi connectivity index (χ2v) is 2.82. The number of ether oxygens (including phenoxy) is 1. The highest BCUT2D eigenvalue weighted by atomic mass is 19.3. The molecule has 0 saturated carbocycles. The van der Waals surface area contributed by atoms with Crippen LogP contribution in [0.1, 0.15) is 22.5 Å². The Morgan fingerprint density at radius 3 is 2.65 bits per heavy atom. The Bertz CT molecular complexity index is 477. The molecule has 0 amide bonds. The van der Waals surface area contributed by atoms with Crippen molar-refractivity contribution in [1.29, 1.82) is 0 Å². The predicted octanol–water partition coefficient (Wildman–Crippen LogP) is 1.42. The Labute approximate surface area is 92.8 Å². The first-order chi connectivity index (χ1) is 7.88. The third-order valence-electron chi connectivity index (χ3n) is 1.80. The number of carbonyl (C=O) groups is 1. The van der Waals surface area contributed by atoms with Gasteiger partial charge in [0.15, 0.2) is 5.75 Å². The smallest absolute Gasteiger partial charge is 0.386 e. The van der Waals surface area contributed by atoms with Crippen molar-refractivity contribution >= 4 is 11.8 Å². The minimum Gasteiger partial charge on any atom is -0.504 e. The monoisotopic (exact) mass is 248 g/mol. The Hall–Kier alpha value is -2.32. The summed E-state index contributed by atoms with van der Waals surface area (Å²) in [7, 11) is 0.955. The third-order valence-corrected chi connectivity index (χ3v) is 1.80. The number of esters is 1. The topological polar surface area (TPSA) is 103 Å². The van der Waals surface area contributed by atoms with E-state index in [0.717, 1.165) is 7.11 Å². The van der Waals surface area contributed by atoms with Crippen LogP contribution in [0, 0.1) is 10.1 Å². The van der Waals surface area contributed by atoms with E-state index in [9.17, 15) is 28.8 Å². The number of halogens is 2. The number of pyridine rings is 1. The molecule has 9 heteroatoms. The molecule has 1 heterocycles. The molecule has 0 spiro atoms. The number of alkyl halides is 2. The molecule has 0 aromatic carbocycles. The molecule has 0 aliphatic heterocycles. The molecule has 92 valence electrons. The van der Waals surface area contributed by atoms with Gasteiger partial charge in [-0.25, -0.2) is 13.6 Å². The van der Waals surface area contributed by atoms with E-state index in [1.807, 2.05) is 0 Å². The van der Waals surface area contributed by atoms with Gasteiger partial charge in [0.25, 0.3) is 6.43 Å². The van der Waals surface area contributed by atoms with Crippen LogP contribution in [0.25, 0.3) is 0 Å². The Balaban J connectivity index is 3.45. The quantitative estimate of drug-likeness (QED) is 0.493. The van der Waals surface area contributed by atoms with Crippen molar-refractivity contribution in [1.82, 2.24) is 4.98 Å². The molecule has 1 aromatic rings. The molecule has 1 rings (SSSR count). The maximum absolute atomic E-state index is 12.4. The zero-order valence-corrected chi connectivity index (χ0v) is 8.39. The van der Waals surface area contributed by atoms with Crippen LogP contribution in [0.15, 0.2) is 6.07 Å². The van der Waals surface area contributed by atoms with Crippen LogP contribution in [0.2, 0.25) is 0 Å². The highest BCUT2D eigenvalue weighted by Crippen LogP contribution is 2.31. The number of rotatable bonds is 3. The van der Waals surface area contributed by atoms with Gasteiger partial charge in [0, 0.05) is 6.07 Å². The molecule has 0 aliphatic carbocycles. The van der Waals surface area contributed by atoms with Crippen LogP contribution in [-0.4, -0.2) is 28.1 Å². The number of methoxy groups -OCH3 is 1. The first-order valence-corrected chi connectivity index (χ1v) is 4.13. The van der Waals surface area contributed by atoms with Crippen molar-refractivity contribution in [2.75, 3.05) is 7.11 Å². The van der Waals surface area contributed by atoms with E-state index in [4.69, 9.17) is 0 Å². The normalized spacial score (nSPS) is 10.4. The van der Waals surface area contributed by atoms with Gasteiger partial charge in [-0.3, -0.25) is 0 Å². The number of hydrogen-bond donors (Lipinski definition) is 1. The Morgan fingerprint density at radius 2 is 2.24 bits per heavy atom. The zero-order valence-electron chi connectivity index (χ0n) is 8.39. The standard InChI is InChI=1S/C8H6F2N2O5/c1-17-8(14)5-4(13)2-3(6(9)10)7(11-5)12(15)16/h2,6,13H,1H3. The fourth-order valence-corrected chi connectivity index (χ4v) is 1.06. The molecule has 17 heavy (non-hydrogen) atoms. The number of aromatic nitrogens is 1. The van der Waals surface area contributed by atoms with Gasteiger partial charge in [-0.1, -0.05) is 0 Å². The van der Waals surface area contributed by atoms with E-state index in [1.165, 1.54) is 0 Å². The number of aromatic hydroxyl groups is 1. The predicted molar refractivity (Wildman–Crippen MR) is 48.9 cm³/mol. The van der Waals surface area contributed by atoms with Crippen molar-refractivity contribution < 1.29 is 28.3 Å². The van der Waals surface area contributed by atoms with Crippen LogP contribution >= 0.6 is 0 Å². The number of nitro groups is 1. The molecule has 0 aliphatic rings. The van der Waals surface area contributed by atoms with E-state index in [2.05, 4.69) is 9.72 Å². The van der Waals surface area contributed by atoms with Crippen molar-refractivity contribution in [3.8, 4) is 5.75 Å². The van der Waals surface area contributed by atoms with Crippen molar-refractivity contribution in [3.05, 3.63) is 27.4 Å². The molecule has 0 bridgehead atoms. The van der Waals surface area contributed by atoms with Crippen LogP contribution in [0.4, 0.5) is 14.6 Å². The molecule has 7 nitrogen and oxygen atoms in total. The molecule has 0 fully saturated rings. The Morgan fingerprint density at radius 1 is 1.65 bits per heavy atom. The molecule has 0 unspecified atom stereocenters. The van der Waals surface area contributed by atoms with Gasteiger partial charge < -0.3 is 20.0 Å². The van der Waals surface area contributed by atoms with Gasteiger partial charge in [0.05, 0.1) is 7.11 Å². The fourth-order valence-electron chi connectivity index (χ4n) is 1.06. The minimum atomic E-state index is -3.19. The summed E-state index contributed by atoms with van der Waals surface area (Å²) in [5.41, 5.74) is -1.86. The maximum Gasteiger partial charge on any atom is 0.386 e. The summed E-state index contributed by atoms with van der Waals surface area (Å²) in [6.45, 7) is 0. The summed E-state index contributed by atoms with van der Waals surface area (Å²) in [6, 6.07) is 0.419. The van der Waals surface area contributed by atoms with Crippen molar-refractivity contribution in [2.45, 2.75) is 6.43 Å². The second-order valence-electron chi connectivity index (χ2n) is 2.82. The van der Waals surface area contributed by atoms with E-state index >= 15 is 0 Å². The zero-order chi connectivity index (χ0) is 13.2. The number of carbonyl (C=O) groups excluding carboxylic acids is 1. The summed E-state index contributed by atoms with van der Waals surface area (Å²) >= 11 is 0. The SMILES string of the molecule is COC(=O)c1nc([N+](=O)[O-])c(C(F)F)cc1O. The number of nitrogens with zero attached hydrogens (tertiary/aromatic N) is 2. The summed E-state index contributed by atoms with van der Waals surface area (Å²) in [4.78, 5) is 23.4. The lowest BCUT2D eigenvalue weighted by Crippen LogP contribution is -2.09. The lowest BCUT2D eigenvalue weighted by Gasteiger charge is -2.03. The lowest BCUT2D eigenvalue weighted by molar-refractivity contribution is -0.391. The van der Waals surface area contributed by atoms with Crippen LogP contribution in [-0.2, 0) is 4.74 Å².